The van der Waals surface area contributed by atoms with Gasteiger partial charge >= 0.3 is 0 Å². The molecule has 0 radical (unpaired) electrons. The van der Waals surface area contributed by atoms with Crippen LogP contribution in [-0.4, -0.2) is 10.8 Å². The number of carbonyl (C=O) groups is 1. The zero-order valence-electron chi connectivity index (χ0n) is 10.5. The fraction of sp³-hybridized carbons (Fsp3) is 0.267. The average molecular weight is 241 g/mol. The standard InChI is InChI=1S/C15H15NO2/c1-9-6-16-14(10(9)2)15(17)11-3-4-12-7-18-8-13(12)5-11/h3-6,16H,7-8H2,1-2H3. The summed E-state index contributed by atoms with van der Waals surface area (Å²) in [5.74, 6) is 0.0512. The van der Waals surface area contributed by atoms with Crippen LogP contribution in [0.25, 0.3) is 0 Å². The molecule has 1 aromatic heterocycles. The molecule has 1 aromatic carbocycles. The van der Waals surface area contributed by atoms with E-state index in [1.165, 1.54) is 5.56 Å². The van der Waals surface area contributed by atoms with Crippen LogP contribution in [0.1, 0.15) is 38.3 Å². The number of hydrogen-bond acceptors (Lipinski definition) is 2. The van der Waals surface area contributed by atoms with E-state index in [0.717, 1.165) is 22.3 Å². The number of ether oxygens (including phenoxy) is 1. The molecule has 3 nitrogen and oxygen atoms in total. The van der Waals surface area contributed by atoms with Crippen molar-refractivity contribution in [3.8, 4) is 0 Å². The van der Waals surface area contributed by atoms with Gasteiger partial charge in [-0.1, -0.05) is 12.1 Å². The summed E-state index contributed by atoms with van der Waals surface area (Å²) < 4.78 is 5.36. The number of aromatic amines is 1. The summed E-state index contributed by atoms with van der Waals surface area (Å²) in [7, 11) is 0. The third kappa shape index (κ3) is 1.68. The fourth-order valence-electron chi connectivity index (χ4n) is 2.29. The molecular formula is C15H15NO2. The quantitative estimate of drug-likeness (QED) is 0.821. The molecule has 1 aliphatic rings. The van der Waals surface area contributed by atoms with Crippen LogP contribution in [0.15, 0.2) is 24.4 Å². The molecule has 3 heteroatoms. The first-order valence-electron chi connectivity index (χ1n) is 6.05. The number of carbonyl (C=O) groups excluding carboxylic acids is 1. The van der Waals surface area contributed by atoms with Crippen LogP contribution in [0.5, 0.6) is 0 Å². The number of H-pyrrole nitrogens is 1. The molecule has 0 fully saturated rings. The monoisotopic (exact) mass is 241 g/mol. The normalized spacial score (nSPS) is 13.7. The van der Waals surface area contributed by atoms with Crippen LogP contribution in [0, 0.1) is 13.8 Å². The third-order valence-electron chi connectivity index (χ3n) is 3.61. The Morgan fingerprint density at radius 2 is 2.00 bits per heavy atom. The van der Waals surface area contributed by atoms with Gasteiger partial charge in [0.25, 0.3) is 0 Å². The highest BCUT2D eigenvalue weighted by molar-refractivity contribution is 6.09. The van der Waals surface area contributed by atoms with Crippen molar-refractivity contribution in [3.05, 3.63) is 57.9 Å². The van der Waals surface area contributed by atoms with Crippen LogP contribution < -0.4 is 0 Å². The number of nitrogens with one attached hydrogen (secondary N) is 1. The van der Waals surface area contributed by atoms with Crippen LogP contribution in [0.4, 0.5) is 0 Å². The molecule has 92 valence electrons. The minimum atomic E-state index is 0.0512. The van der Waals surface area contributed by atoms with Crippen molar-refractivity contribution in [2.75, 3.05) is 0 Å². The summed E-state index contributed by atoms with van der Waals surface area (Å²) in [6, 6.07) is 5.81. The van der Waals surface area contributed by atoms with Crippen LogP contribution >= 0.6 is 0 Å². The Bertz CT molecular complexity index is 625. The van der Waals surface area contributed by atoms with E-state index in [-0.39, 0.29) is 5.78 Å². The maximum Gasteiger partial charge on any atom is 0.209 e. The van der Waals surface area contributed by atoms with E-state index in [9.17, 15) is 4.79 Å². The number of rotatable bonds is 2. The van der Waals surface area contributed by atoms with E-state index < -0.39 is 0 Å². The van der Waals surface area contributed by atoms with E-state index >= 15 is 0 Å². The molecule has 2 heterocycles. The Kier molecular flexibility index (Phi) is 2.56. The lowest BCUT2D eigenvalue weighted by Gasteiger charge is -2.03. The molecule has 3 rings (SSSR count). The van der Waals surface area contributed by atoms with Crippen molar-refractivity contribution in [1.82, 2.24) is 4.98 Å². The first-order valence-corrected chi connectivity index (χ1v) is 6.05. The number of aromatic nitrogens is 1. The second kappa shape index (κ2) is 4.10. The highest BCUT2D eigenvalue weighted by Gasteiger charge is 2.18. The van der Waals surface area contributed by atoms with Gasteiger partial charge in [-0.05, 0) is 42.2 Å². The minimum absolute atomic E-state index is 0.0512. The Morgan fingerprint density at radius 1 is 1.22 bits per heavy atom. The van der Waals surface area contributed by atoms with Crippen LogP contribution in [0.2, 0.25) is 0 Å². The summed E-state index contributed by atoms with van der Waals surface area (Å²) in [5, 5.41) is 0. The number of benzene rings is 1. The van der Waals surface area contributed by atoms with E-state index in [0.29, 0.717) is 18.9 Å². The fourth-order valence-corrected chi connectivity index (χ4v) is 2.29. The summed E-state index contributed by atoms with van der Waals surface area (Å²) in [5.41, 5.74) is 5.86. The maximum atomic E-state index is 12.4. The molecule has 0 bridgehead atoms. The van der Waals surface area contributed by atoms with Crippen molar-refractivity contribution in [2.45, 2.75) is 27.1 Å². The topological polar surface area (TPSA) is 42.1 Å². The van der Waals surface area contributed by atoms with E-state index in [1.807, 2.05) is 38.2 Å². The first-order chi connectivity index (χ1) is 8.66. The van der Waals surface area contributed by atoms with Gasteiger partial charge in [-0.25, -0.2) is 0 Å². The molecule has 1 aliphatic heterocycles. The van der Waals surface area contributed by atoms with E-state index in [2.05, 4.69) is 4.98 Å². The van der Waals surface area contributed by atoms with Gasteiger partial charge in [-0.2, -0.15) is 0 Å². The van der Waals surface area contributed by atoms with Crippen molar-refractivity contribution >= 4 is 5.78 Å². The van der Waals surface area contributed by atoms with Gasteiger partial charge in [0.15, 0.2) is 0 Å². The Balaban J connectivity index is 2.00. The summed E-state index contributed by atoms with van der Waals surface area (Å²) in [6.45, 7) is 5.23. The van der Waals surface area contributed by atoms with E-state index in [4.69, 9.17) is 4.74 Å². The number of aryl methyl sites for hydroxylation is 1. The minimum Gasteiger partial charge on any atom is -0.372 e. The summed E-state index contributed by atoms with van der Waals surface area (Å²) in [6.07, 6.45) is 1.87. The molecule has 0 saturated carbocycles. The van der Waals surface area contributed by atoms with Gasteiger partial charge in [-0.3, -0.25) is 4.79 Å². The van der Waals surface area contributed by atoms with Crippen molar-refractivity contribution < 1.29 is 9.53 Å². The Morgan fingerprint density at radius 3 is 2.72 bits per heavy atom. The maximum absolute atomic E-state index is 12.4. The molecule has 0 spiro atoms. The van der Waals surface area contributed by atoms with Crippen LogP contribution in [0.3, 0.4) is 0 Å². The molecule has 1 N–H and O–H groups in total. The number of hydrogen-bond donors (Lipinski definition) is 1. The number of fused-ring (bicyclic) bond motifs is 1. The highest BCUT2D eigenvalue weighted by atomic mass is 16.5. The predicted molar refractivity (Wildman–Crippen MR) is 68.6 cm³/mol. The van der Waals surface area contributed by atoms with Gasteiger partial charge in [-0.15, -0.1) is 0 Å². The van der Waals surface area contributed by atoms with Gasteiger partial charge in [0, 0.05) is 11.8 Å². The van der Waals surface area contributed by atoms with E-state index in [1.54, 1.807) is 0 Å². The van der Waals surface area contributed by atoms with Gasteiger partial charge in [0.05, 0.1) is 18.9 Å². The predicted octanol–water partition coefficient (Wildman–Crippen LogP) is 2.89. The van der Waals surface area contributed by atoms with Crippen molar-refractivity contribution in [3.63, 3.8) is 0 Å². The van der Waals surface area contributed by atoms with Crippen molar-refractivity contribution in [2.24, 2.45) is 0 Å². The number of ketones is 1. The molecule has 0 saturated heterocycles. The largest absolute Gasteiger partial charge is 0.372 e. The molecule has 2 aromatic rings. The third-order valence-corrected chi connectivity index (χ3v) is 3.61. The second-order valence-corrected chi connectivity index (χ2v) is 4.78. The van der Waals surface area contributed by atoms with Gasteiger partial charge < -0.3 is 9.72 Å². The smallest absolute Gasteiger partial charge is 0.209 e. The van der Waals surface area contributed by atoms with Gasteiger partial charge in [0.1, 0.15) is 0 Å². The molecule has 0 unspecified atom stereocenters. The zero-order valence-corrected chi connectivity index (χ0v) is 10.5. The second-order valence-electron chi connectivity index (χ2n) is 4.78. The Labute approximate surface area is 106 Å². The van der Waals surface area contributed by atoms with Crippen LogP contribution in [-0.2, 0) is 18.0 Å². The molecule has 0 aliphatic carbocycles. The van der Waals surface area contributed by atoms with Gasteiger partial charge in [0.2, 0.25) is 5.78 Å². The zero-order chi connectivity index (χ0) is 12.7. The highest BCUT2D eigenvalue weighted by Crippen LogP contribution is 2.23. The lowest BCUT2D eigenvalue weighted by molar-refractivity contribution is 0.103. The van der Waals surface area contributed by atoms with Crippen molar-refractivity contribution in [1.29, 1.82) is 0 Å². The lowest BCUT2D eigenvalue weighted by atomic mass is 10.0. The Hall–Kier alpha value is -1.87. The summed E-state index contributed by atoms with van der Waals surface area (Å²) in [4.78, 5) is 15.5. The molecular weight excluding hydrogens is 226 g/mol. The molecule has 0 amide bonds. The first kappa shape index (κ1) is 11.2. The molecule has 0 atom stereocenters. The molecule has 18 heavy (non-hydrogen) atoms. The summed E-state index contributed by atoms with van der Waals surface area (Å²) >= 11 is 0. The average Bonchev–Trinajstić information content (AvgIpc) is 2.96. The SMILES string of the molecule is Cc1c[nH]c(C(=O)c2ccc3c(c2)COC3)c1C. The lowest BCUT2D eigenvalue weighted by Crippen LogP contribution is -2.04.